The Morgan fingerprint density at radius 2 is 0.861 bits per heavy atom. The van der Waals surface area contributed by atoms with E-state index in [1.165, 1.54) is 36.4 Å². The van der Waals surface area contributed by atoms with Crippen molar-refractivity contribution in [2.45, 2.75) is 51.4 Å². The predicted molar refractivity (Wildman–Crippen MR) is 125 cm³/mol. The lowest BCUT2D eigenvalue weighted by Gasteiger charge is -2.05. The molecule has 0 saturated heterocycles. The Morgan fingerprint density at radius 1 is 0.528 bits per heavy atom. The summed E-state index contributed by atoms with van der Waals surface area (Å²) in [5.74, 6) is -5.57. The van der Waals surface area contributed by atoms with Crippen LogP contribution >= 0.6 is 0 Å². The normalized spacial score (nSPS) is 10.3. The van der Waals surface area contributed by atoms with E-state index in [4.69, 9.17) is 19.7 Å². The van der Waals surface area contributed by atoms with Gasteiger partial charge in [0.1, 0.15) is 0 Å². The Hall–Kier alpha value is -4.34. The molecule has 0 amide bonds. The average molecular weight is 498 g/mol. The number of esters is 4. The van der Waals surface area contributed by atoms with Crippen molar-refractivity contribution in [2.75, 3.05) is 0 Å². The first-order chi connectivity index (χ1) is 17.2. The smallest absolute Gasteiger partial charge is 0.345 e. The van der Waals surface area contributed by atoms with Crippen LogP contribution in [0.2, 0.25) is 0 Å². The summed E-state index contributed by atoms with van der Waals surface area (Å²) in [4.78, 5) is 69.5. The van der Waals surface area contributed by atoms with Gasteiger partial charge in [0.25, 0.3) is 0 Å². The highest BCUT2D eigenvalue weighted by atomic mass is 16.6. The highest BCUT2D eigenvalue weighted by molar-refractivity contribution is 5.99. The number of hydrogen-bond donors (Lipinski definition) is 2. The molecule has 0 aliphatic rings. The highest BCUT2D eigenvalue weighted by Gasteiger charge is 2.16. The molecule has 0 atom stereocenters. The Balaban J connectivity index is 1.56. The maximum absolute atomic E-state index is 12.0. The van der Waals surface area contributed by atoms with Gasteiger partial charge in [0.05, 0.1) is 22.3 Å². The Bertz CT molecular complexity index is 1050. The lowest BCUT2D eigenvalue weighted by atomic mass is 10.1. The first kappa shape index (κ1) is 27.9. The van der Waals surface area contributed by atoms with Crippen LogP contribution < -0.4 is 0 Å². The van der Waals surface area contributed by atoms with Gasteiger partial charge in [-0.15, -0.1) is 0 Å². The van der Waals surface area contributed by atoms with Gasteiger partial charge in [-0.2, -0.15) is 0 Å². The molecule has 0 aliphatic carbocycles. The summed E-state index contributed by atoms with van der Waals surface area (Å²) in [6.45, 7) is 0. The fourth-order valence-electron chi connectivity index (χ4n) is 3.23. The quantitative estimate of drug-likeness (QED) is 0.232. The number of benzene rings is 2. The van der Waals surface area contributed by atoms with Gasteiger partial charge in [-0.25, -0.2) is 19.2 Å². The fraction of sp³-hybridized carbons (Fsp3) is 0.308. The van der Waals surface area contributed by atoms with Crippen LogP contribution in [0.15, 0.2) is 48.5 Å². The third-order valence-corrected chi connectivity index (χ3v) is 5.12. The van der Waals surface area contributed by atoms with Crippen LogP contribution in [-0.4, -0.2) is 46.0 Å². The second-order valence-electron chi connectivity index (χ2n) is 7.92. The molecule has 0 unspecified atom stereocenters. The van der Waals surface area contributed by atoms with E-state index < -0.39 is 35.8 Å². The van der Waals surface area contributed by atoms with E-state index in [-0.39, 0.29) is 35.1 Å². The SMILES string of the molecule is O=C(CCCCCCCCC(=O)OC(=O)c1cccc(C(=O)O)c1)OC(=O)c1cccc(C(=O)O)c1. The number of carbonyl (C=O) groups is 6. The summed E-state index contributed by atoms with van der Waals surface area (Å²) < 4.78 is 9.49. The van der Waals surface area contributed by atoms with Gasteiger partial charge in [-0.1, -0.05) is 37.8 Å². The van der Waals surface area contributed by atoms with E-state index in [0.29, 0.717) is 25.7 Å². The zero-order chi connectivity index (χ0) is 26.5. The lowest BCUT2D eigenvalue weighted by molar-refractivity contribution is -0.139. The molecule has 36 heavy (non-hydrogen) atoms. The van der Waals surface area contributed by atoms with Gasteiger partial charge >= 0.3 is 35.8 Å². The van der Waals surface area contributed by atoms with Gasteiger partial charge in [0.15, 0.2) is 0 Å². The van der Waals surface area contributed by atoms with Crippen molar-refractivity contribution in [3.05, 3.63) is 70.8 Å². The number of ether oxygens (including phenoxy) is 2. The second kappa shape index (κ2) is 14.1. The van der Waals surface area contributed by atoms with Crippen molar-refractivity contribution < 1.29 is 48.5 Å². The van der Waals surface area contributed by atoms with E-state index in [1.807, 2.05) is 0 Å². The number of rotatable bonds is 13. The minimum Gasteiger partial charge on any atom is -0.478 e. The molecule has 0 heterocycles. The molecule has 10 nitrogen and oxygen atoms in total. The predicted octanol–water partition coefficient (Wildman–Crippen LogP) is 4.27. The molecule has 0 saturated carbocycles. The van der Waals surface area contributed by atoms with Gasteiger partial charge in [0.2, 0.25) is 0 Å². The number of hydrogen-bond acceptors (Lipinski definition) is 8. The first-order valence-corrected chi connectivity index (χ1v) is 11.3. The van der Waals surface area contributed by atoms with Gasteiger partial charge in [0, 0.05) is 12.8 Å². The van der Waals surface area contributed by atoms with Crippen molar-refractivity contribution in [3.8, 4) is 0 Å². The van der Waals surface area contributed by atoms with E-state index in [2.05, 4.69) is 0 Å². The summed E-state index contributed by atoms with van der Waals surface area (Å²) in [6.07, 6.45) is 4.10. The Morgan fingerprint density at radius 3 is 1.22 bits per heavy atom. The monoisotopic (exact) mass is 498 g/mol. The maximum Gasteiger partial charge on any atom is 0.345 e. The van der Waals surface area contributed by atoms with Gasteiger partial charge in [-0.05, 0) is 49.2 Å². The van der Waals surface area contributed by atoms with Crippen LogP contribution in [-0.2, 0) is 19.1 Å². The van der Waals surface area contributed by atoms with Crippen molar-refractivity contribution >= 4 is 35.8 Å². The summed E-state index contributed by atoms with van der Waals surface area (Å²) in [7, 11) is 0. The van der Waals surface area contributed by atoms with Crippen LogP contribution in [0.25, 0.3) is 0 Å². The van der Waals surface area contributed by atoms with Gasteiger partial charge < -0.3 is 19.7 Å². The van der Waals surface area contributed by atoms with Crippen molar-refractivity contribution in [1.29, 1.82) is 0 Å². The molecule has 2 aromatic carbocycles. The summed E-state index contributed by atoms with van der Waals surface area (Å²) in [6, 6.07) is 10.4. The standard InChI is InChI=1S/C26H26O10/c27-21(35-25(33)19-11-7-9-17(15-19)23(29)30)13-5-3-1-2-4-6-14-22(28)36-26(34)20-12-8-10-18(16-20)24(31)32/h7-12,15-16H,1-6,13-14H2,(H,29,30)(H,31,32). The minimum absolute atomic E-state index is 0.0164. The third-order valence-electron chi connectivity index (χ3n) is 5.12. The number of carbonyl (C=O) groups excluding carboxylic acids is 4. The van der Waals surface area contributed by atoms with Gasteiger partial charge in [-0.3, -0.25) is 9.59 Å². The number of unbranched alkanes of at least 4 members (excludes halogenated alkanes) is 5. The molecular formula is C26H26O10. The molecule has 0 bridgehead atoms. The zero-order valence-corrected chi connectivity index (χ0v) is 19.4. The highest BCUT2D eigenvalue weighted by Crippen LogP contribution is 2.12. The summed E-state index contributed by atoms with van der Waals surface area (Å²) >= 11 is 0. The lowest BCUT2D eigenvalue weighted by Crippen LogP contribution is -2.13. The molecule has 0 radical (unpaired) electrons. The van der Waals surface area contributed by atoms with Crippen LogP contribution in [0.1, 0.15) is 92.8 Å². The van der Waals surface area contributed by atoms with Crippen molar-refractivity contribution in [2.24, 2.45) is 0 Å². The molecule has 0 aliphatic heterocycles. The van der Waals surface area contributed by atoms with Crippen molar-refractivity contribution in [3.63, 3.8) is 0 Å². The molecular weight excluding hydrogens is 472 g/mol. The van der Waals surface area contributed by atoms with Crippen LogP contribution in [0, 0.1) is 0 Å². The molecule has 0 spiro atoms. The second-order valence-corrected chi connectivity index (χ2v) is 7.92. The van der Waals surface area contributed by atoms with E-state index >= 15 is 0 Å². The maximum atomic E-state index is 12.0. The minimum atomic E-state index is -1.19. The Labute approximate surface area is 206 Å². The summed E-state index contributed by atoms with van der Waals surface area (Å²) in [5, 5.41) is 17.9. The fourth-order valence-corrected chi connectivity index (χ4v) is 3.23. The molecule has 0 fully saturated rings. The number of aromatic carboxylic acids is 2. The Kier molecular flexibility index (Phi) is 11.0. The van der Waals surface area contributed by atoms with Crippen LogP contribution in [0.5, 0.6) is 0 Å². The number of carboxylic acids is 2. The molecule has 0 aromatic heterocycles. The van der Waals surface area contributed by atoms with Crippen LogP contribution in [0.3, 0.4) is 0 Å². The van der Waals surface area contributed by atoms with E-state index in [1.54, 1.807) is 0 Å². The summed E-state index contributed by atoms with van der Waals surface area (Å²) in [5.41, 5.74) is -0.195. The largest absolute Gasteiger partial charge is 0.478 e. The molecule has 2 rings (SSSR count). The molecule has 190 valence electrons. The first-order valence-electron chi connectivity index (χ1n) is 11.3. The number of carboxylic acid groups (broad SMARTS) is 2. The molecule has 2 N–H and O–H groups in total. The van der Waals surface area contributed by atoms with E-state index in [9.17, 15) is 28.8 Å². The third kappa shape index (κ3) is 9.49. The van der Waals surface area contributed by atoms with Crippen LogP contribution in [0.4, 0.5) is 0 Å². The zero-order valence-electron chi connectivity index (χ0n) is 19.4. The molecule has 2 aromatic rings. The van der Waals surface area contributed by atoms with E-state index in [0.717, 1.165) is 25.0 Å². The molecule has 10 heteroatoms. The topological polar surface area (TPSA) is 161 Å². The average Bonchev–Trinajstić information content (AvgIpc) is 2.85. The van der Waals surface area contributed by atoms with Crippen molar-refractivity contribution in [1.82, 2.24) is 0 Å².